The molecule has 1 N–H and O–H groups in total. The normalized spacial score (nSPS) is 17.7. The number of halogens is 2. The third-order valence-electron chi connectivity index (χ3n) is 4.64. The lowest BCUT2D eigenvalue weighted by molar-refractivity contribution is 0.192. The van der Waals surface area contributed by atoms with Gasteiger partial charge in [0.15, 0.2) is 0 Å². The highest BCUT2D eigenvalue weighted by Gasteiger charge is 2.19. The van der Waals surface area contributed by atoms with Gasteiger partial charge in [-0.1, -0.05) is 48.5 Å². The van der Waals surface area contributed by atoms with Gasteiger partial charge < -0.3 is 5.32 Å². The summed E-state index contributed by atoms with van der Waals surface area (Å²) in [4.78, 5) is 2.57. The molecule has 0 bridgehead atoms. The van der Waals surface area contributed by atoms with Gasteiger partial charge in [-0.25, -0.2) is 0 Å². The maximum Gasteiger partial charge on any atom is 0.0236 e. The van der Waals surface area contributed by atoms with Gasteiger partial charge >= 0.3 is 0 Å². The van der Waals surface area contributed by atoms with Crippen LogP contribution in [0.1, 0.15) is 22.3 Å². The van der Waals surface area contributed by atoms with Crippen LogP contribution in [0.3, 0.4) is 0 Å². The summed E-state index contributed by atoms with van der Waals surface area (Å²) in [5.74, 6) is 0. The largest absolute Gasteiger partial charge is 0.311 e. The molecular weight excluding hydrogens is 339 g/mol. The van der Waals surface area contributed by atoms with Gasteiger partial charge in [-0.2, -0.15) is 0 Å². The number of piperazine rings is 1. The molecule has 0 aliphatic carbocycles. The number of nitrogens with zero attached hydrogens (tertiary/aromatic N) is 1. The van der Waals surface area contributed by atoms with Crippen LogP contribution in [-0.4, -0.2) is 30.6 Å². The van der Waals surface area contributed by atoms with Crippen LogP contribution in [0.4, 0.5) is 0 Å². The summed E-state index contributed by atoms with van der Waals surface area (Å²) in [5.41, 5.74) is 5.64. The molecule has 0 radical (unpaired) electrons. The molecule has 3 rings (SSSR count). The SMILES string of the molecule is Cc1ccc(C[C@@H]2CN(Cc3ccccc3)CCN2)cc1C.Cl.Cl. The third kappa shape index (κ3) is 5.78. The molecule has 1 aliphatic rings. The molecular formula is C20H28Cl2N2. The van der Waals surface area contributed by atoms with Crippen LogP contribution in [-0.2, 0) is 13.0 Å². The summed E-state index contributed by atoms with van der Waals surface area (Å²) in [6.07, 6.45) is 1.12. The quantitative estimate of drug-likeness (QED) is 0.873. The predicted molar refractivity (Wildman–Crippen MR) is 108 cm³/mol. The Morgan fingerprint density at radius 2 is 1.71 bits per heavy atom. The van der Waals surface area contributed by atoms with E-state index in [-0.39, 0.29) is 24.8 Å². The number of aryl methyl sites for hydroxylation is 2. The molecule has 1 saturated heterocycles. The minimum absolute atomic E-state index is 0. The second kappa shape index (κ2) is 10.0. The molecule has 0 aromatic heterocycles. The van der Waals surface area contributed by atoms with Gasteiger partial charge in [-0.3, -0.25) is 4.90 Å². The van der Waals surface area contributed by atoms with Gasteiger partial charge in [0.1, 0.15) is 0 Å². The minimum Gasteiger partial charge on any atom is -0.311 e. The molecule has 132 valence electrons. The fraction of sp³-hybridized carbons (Fsp3) is 0.400. The van der Waals surface area contributed by atoms with Crippen molar-refractivity contribution in [3.8, 4) is 0 Å². The summed E-state index contributed by atoms with van der Waals surface area (Å²) < 4.78 is 0. The van der Waals surface area contributed by atoms with Crippen molar-refractivity contribution in [1.82, 2.24) is 10.2 Å². The molecule has 1 aliphatic heterocycles. The highest BCUT2D eigenvalue weighted by Crippen LogP contribution is 2.14. The standard InChI is InChI=1S/C20H26N2.2ClH/c1-16-8-9-19(12-17(16)2)13-20-15-22(11-10-21-20)14-18-6-4-3-5-7-18;;/h3-9,12,20-21H,10-11,13-15H2,1-2H3;2*1H/t20-;;/m1../s1. The Morgan fingerprint density at radius 3 is 2.42 bits per heavy atom. The van der Waals surface area contributed by atoms with Crippen molar-refractivity contribution in [2.45, 2.75) is 32.9 Å². The summed E-state index contributed by atoms with van der Waals surface area (Å²) in [6.45, 7) is 8.79. The third-order valence-corrected chi connectivity index (χ3v) is 4.64. The Hall–Kier alpha value is -1.06. The zero-order valence-electron chi connectivity index (χ0n) is 14.5. The fourth-order valence-electron chi connectivity index (χ4n) is 3.23. The average molecular weight is 367 g/mol. The van der Waals surface area contributed by atoms with Crippen molar-refractivity contribution in [2.24, 2.45) is 0 Å². The minimum atomic E-state index is 0. The van der Waals surface area contributed by atoms with Gasteiger partial charge in [0.25, 0.3) is 0 Å². The van der Waals surface area contributed by atoms with Crippen molar-refractivity contribution >= 4 is 24.8 Å². The van der Waals surface area contributed by atoms with Crippen molar-refractivity contribution in [1.29, 1.82) is 0 Å². The monoisotopic (exact) mass is 366 g/mol. The zero-order valence-corrected chi connectivity index (χ0v) is 16.1. The van der Waals surface area contributed by atoms with Crippen LogP contribution in [0, 0.1) is 13.8 Å². The maximum atomic E-state index is 3.68. The highest BCUT2D eigenvalue weighted by atomic mass is 35.5. The highest BCUT2D eigenvalue weighted by molar-refractivity contribution is 5.85. The molecule has 0 spiro atoms. The Labute approximate surface area is 158 Å². The van der Waals surface area contributed by atoms with E-state index in [2.05, 4.69) is 72.6 Å². The van der Waals surface area contributed by atoms with E-state index >= 15 is 0 Å². The van der Waals surface area contributed by atoms with Crippen LogP contribution in [0.15, 0.2) is 48.5 Å². The molecule has 2 aromatic carbocycles. The van der Waals surface area contributed by atoms with Gasteiger partial charge in [0, 0.05) is 32.2 Å². The second-order valence-electron chi connectivity index (χ2n) is 6.49. The van der Waals surface area contributed by atoms with E-state index in [4.69, 9.17) is 0 Å². The first-order valence-electron chi connectivity index (χ1n) is 8.26. The summed E-state index contributed by atoms with van der Waals surface area (Å²) in [5, 5.41) is 3.68. The number of nitrogens with one attached hydrogen (secondary N) is 1. The summed E-state index contributed by atoms with van der Waals surface area (Å²) in [6, 6.07) is 18.2. The first-order chi connectivity index (χ1) is 10.7. The lowest BCUT2D eigenvalue weighted by Crippen LogP contribution is -2.51. The number of rotatable bonds is 4. The van der Waals surface area contributed by atoms with Crippen LogP contribution < -0.4 is 5.32 Å². The zero-order chi connectivity index (χ0) is 15.4. The topological polar surface area (TPSA) is 15.3 Å². The van der Waals surface area contributed by atoms with E-state index < -0.39 is 0 Å². The molecule has 2 aromatic rings. The van der Waals surface area contributed by atoms with E-state index in [0.717, 1.165) is 32.6 Å². The van der Waals surface area contributed by atoms with Gasteiger partial charge in [0.05, 0.1) is 0 Å². The Kier molecular flexibility index (Phi) is 8.79. The van der Waals surface area contributed by atoms with E-state index in [0.29, 0.717) is 6.04 Å². The van der Waals surface area contributed by atoms with Gasteiger partial charge in [-0.15, -0.1) is 24.8 Å². The van der Waals surface area contributed by atoms with Crippen molar-refractivity contribution in [3.05, 3.63) is 70.8 Å². The Morgan fingerprint density at radius 1 is 0.958 bits per heavy atom. The van der Waals surface area contributed by atoms with E-state index in [1.807, 2.05) is 0 Å². The van der Waals surface area contributed by atoms with Crippen LogP contribution in [0.2, 0.25) is 0 Å². The molecule has 2 nitrogen and oxygen atoms in total. The summed E-state index contributed by atoms with van der Waals surface area (Å²) >= 11 is 0. The Bertz CT molecular complexity index is 616. The maximum absolute atomic E-state index is 3.68. The van der Waals surface area contributed by atoms with E-state index in [1.165, 1.54) is 22.3 Å². The lowest BCUT2D eigenvalue weighted by Gasteiger charge is -2.34. The first-order valence-corrected chi connectivity index (χ1v) is 8.26. The predicted octanol–water partition coefficient (Wildman–Crippen LogP) is 4.16. The Balaban J connectivity index is 0.00000144. The number of hydrogen-bond acceptors (Lipinski definition) is 2. The van der Waals surface area contributed by atoms with Gasteiger partial charge in [0.2, 0.25) is 0 Å². The van der Waals surface area contributed by atoms with Crippen LogP contribution in [0.5, 0.6) is 0 Å². The molecule has 0 amide bonds. The van der Waals surface area contributed by atoms with Crippen molar-refractivity contribution in [3.63, 3.8) is 0 Å². The summed E-state index contributed by atoms with van der Waals surface area (Å²) in [7, 11) is 0. The molecule has 1 fully saturated rings. The lowest BCUT2D eigenvalue weighted by atomic mass is 9.99. The fourth-order valence-corrected chi connectivity index (χ4v) is 3.23. The van der Waals surface area contributed by atoms with E-state index in [9.17, 15) is 0 Å². The molecule has 1 atom stereocenters. The number of benzene rings is 2. The van der Waals surface area contributed by atoms with Crippen molar-refractivity contribution < 1.29 is 0 Å². The van der Waals surface area contributed by atoms with Crippen LogP contribution in [0.25, 0.3) is 0 Å². The van der Waals surface area contributed by atoms with Crippen molar-refractivity contribution in [2.75, 3.05) is 19.6 Å². The van der Waals surface area contributed by atoms with E-state index in [1.54, 1.807) is 0 Å². The molecule has 1 heterocycles. The van der Waals surface area contributed by atoms with Crippen LogP contribution >= 0.6 is 24.8 Å². The molecule has 0 saturated carbocycles. The first kappa shape index (κ1) is 21.0. The molecule has 24 heavy (non-hydrogen) atoms. The second-order valence-corrected chi connectivity index (χ2v) is 6.49. The molecule has 4 heteroatoms. The molecule has 0 unspecified atom stereocenters. The van der Waals surface area contributed by atoms with Gasteiger partial charge in [-0.05, 0) is 42.5 Å². The average Bonchev–Trinajstić information content (AvgIpc) is 2.52. The number of hydrogen-bond donors (Lipinski definition) is 1. The smallest absolute Gasteiger partial charge is 0.0236 e.